The average molecular weight is 226 g/mol. The van der Waals surface area contributed by atoms with Gasteiger partial charge in [0, 0.05) is 13.1 Å². The summed E-state index contributed by atoms with van der Waals surface area (Å²) < 4.78 is 0. The molecule has 0 aromatic rings. The van der Waals surface area contributed by atoms with E-state index in [-0.39, 0.29) is 0 Å². The maximum absolute atomic E-state index is 5.85. The van der Waals surface area contributed by atoms with Gasteiger partial charge in [0.25, 0.3) is 0 Å². The summed E-state index contributed by atoms with van der Waals surface area (Å²) in [7, 11) is 0. The highest BCUT2D eigenvalue weighted by molar-refractivity contribution is 4.85. The van der Waals surface area contributed by atoms with Gasteiger partial charge in [0.1, 0.15) is 0 Å². The first-order chi connectivity index (χ1) is 7.34. The number of likely N-dealkylation sites (tertiary alicyclic amines) is 1. The maximum Gasteiger partial charge on any atom is 0.00243 e. The maximum atomic E-state index is 5.85. The molecule has 16 heavy (non-hydrogen) atoms. The Labute approximate surface area is 102 Å². The molecule has 96 valence electrons. The number of hydrogen-bond donors (Lipinski definition) is 1. The molecule has 1 fully saturated rings. The lowest BCUT2D eigenvalue weighted by Crippen LogP contribution is -2.35. The Balaban J connectivity index is 2.42. The van der Waals surface area contributed by atoms with Gasteiger partial charge in [0.2, 0.25) is 0 Å². The van der Waals surface area contributed by atoms with Gasteiger partial charge in [-0.2, -0.15) is 0 Å². The minimum Gasteiger partial charge on any atom is -0.330 e. The summed E-state index contributed by atoms with van der Waals surface area (Å²) in [5, 5.41) is 0. The summed E-state index contributed by atoms with van der Waals surface area (Å²) in [4.78, 5) is 2.62. The Hall–Kier alpha value is -0.0800. The quantitative estimate of drug-likeness (QED) is 0.798. The van der Waals surface area contributed by atoms with Gasteiger partial charge < -0.3 is 10.6 Å². The van der Waals surface area contributed by atoms with Crippen LogP contribution in [0, 0.1) is 23.2 Å². The van der Waals surface area contributed by atoms with E-state index in [0.29, 0.717) is 17.3 Å². The molecular formula is C14H30N2. The minimum absolute atomic E-state index is 0.463. The first-order valence-electron chi connectivity index (χ1n) is 6.77. The van der Waals surface area contributed by atoms with E-state index in [1.54, 1.807) is 0 Å². The molecule has 2 N–H and O–H groups in total. The van der Waals surface area contributed by atoms with Crippen molar-refractivity contribution in [2.75, 3.05) is 26.2 Å². The van der Waals surface area contributed by atoms with Gasteiger partial charge in [-0.25, -0.2) is 0 Å². The molecule has 2 atom stereocenters. The van der Waals surface area contributed by atoms with Crippen molar-refractivity contribution in [3.05, 3.63) is 0 Å². The topological polar surface area (TPSA) is 29.3 Å². The van der Waals surface area contributed by atoms with E-state index in [1.165, 1.54) is 26.1 Å². The molecule has 2 nitrogen and oxygen atoms in total. The Bertz CT molecular complexity index is 205. The molecular weight excluding hydrogens is 196 g/mol. The van der Waals surface area contributed by atoms with E-state index in [4.69, 9.17) is 5.73 Å². The summed E-state index contributed by atoms with van der Waals surface area (Å²) in [5.41, 5.74) is 6.31. The zero-order chi connectivity index (χ0) is 12.3. The first kappa shape index (κ1) is 14.0. The van der Waals surface area contributed by atoms with Crippen LogP contribution in [0.5, 0.6) is 0 Å². The number of nitrogens with two attached hydrogens (primary N) is 1. The average Bonchev–Trinajstić information content (AvgIpc) is 2.61. The molecule has 0 aromatic carbocycles. The molecule has 1 aliphatic rings. The summed E-state index contributed by atoms with van der Waals surface area (Å²) in [6.07, 6.45) is 1.36. The fourth-order valence-electron chi connectivity index (χ4n) is 2.59. The summed E-state index contributed by atoms with van der Waals surface area (Å²) >= 11 is 0. The van der Waals surface area contributed by atoms with E-state index >= 15 is 0 Å². The number of rotatable bonds is 4. The lowest BCUT2D eigenvalue weighted by atomic mass is 9.80. The molecule has 0 saturated carbocycles. The van der Waals surface area contributed by atoms with E-state index in [2.05, 4.69) is 39.5 Å². The van der Waals surface area contributed by atoms with E-state index in [1.807, 2.05) is 0 Å². The van der Waals surface area contributed by atoms with Gasteiger partial charge >= 0.3 is 0 Å². The van der Waals surface area contributed by atoms with Crippen LogP contribution in [-0.2, 0) is 0 Å². The number of nitrogens with zero attached hydrogens (tertiary/aromatic N) is 1. The third kappa shape index (κ3) is 3.74. The molecule has 2 heteroatoms. The summed E-state index contributed by atoms with van der Waals surface area (Å²) in [6.45, 7) is 16.2. The van der Waals surface area contributed by atoms with Crippen LogP contribution in [0.15, 0.2) is 0 Å². The third-order valence-corrected chi connectivity index (χ3v) is 4.24. The largest absolute Gasteiger partial charge is 0.330 e. The fraction of sp³-hybridized carbons (Fsp3) is 1.00. The Morgan fingerprint density at radius 1 is 1.31 bits per heavy atom. The highest BCUT2D eigenvalue weighted by atomic mass is 15.1. The molecule has 1 saturated heterocycles. The first-order valence-corrected chi connectivity index (χ1v) is 6.77. The number of hydrogen-bond acceptors (Lipinski definition) is 2. The van der Waals surface area contributed by atoms with Crippen molar-refractivity contribution in [2.45, 2.75) is 41.0 Å². The van der Waals surface area contributed by atoms with Crippen molar-refractivity contribution < 1.29 is 0 Å². The van der Waals surface area contributed by atoms with Crippen LogP contribution < -0.4 is 5.73 Å². The molecule has 0 aliphatic carbocycles. The van der Waals surface area contributed by atoms with Crippen LogP contribution in [-0.4, -0.2) is 31.1 Å². The zero-order valence-electron chi connectivity index (χ0n) is 11.8. The molecule has 0 spiro atoms. The lowest BCUT2D eigenvalue weighted by molar-refractivity contribution is 0.200. The van der Waals surface area contributed by atoms with E-state index < -0.39 is 0 Å². The van der Waals surface area contributed by atoms with E-state index in [9.17, 15) is 0 Å². The van der Waals surface area contributed by atoms with Gasteiger partial charge in [-0.05, 0) is 42.7 Å². The van der Waals surface area contributed by atoms with Gasteiger partial charge in [0.05, 0.1) is 0 Å². The van der Waals surface area contributed by atoms with Crippen LogP contribution >= 0.6 is 0 Å². The standard InChI is InChI=1S/C14H30N2/c1-11(2)12(8-15)9-16-7-6-13(10-16)14(3,4)5/h11-13H,6-10,15H2,1-5H3. The van der Waals surface area contributed by atoms with Gasteiger partial charge in [-0.1, -0.05) is 34.6 Å². The van der Waals surface area contributed by atoms with Crippen molar-refractivity contribution in [1.82, 2.24) is 4.90 Å². The predicted octanol–water partition coefficient (Wildman–Crippen LogP) is 2.59. The Morgan fingerprint density at radius 2 is 1.94 bits per heavy atom. The normalized spacial score (nSPS) is 25.3. The summed E-state index contributed by atoms with van der Waals surface area (Å²) in [5.74, 6) is 2.23. The highest BCUT2D eigenvalue weighted by Gasteiger charge is 2.32. The SMILES string of the molecule is CC(C)C(CN)CN1CCC(C(C)(C)C)C1. The van der Waals surface area contributed by atoms with Gasteiger partial charge in [-0.15, -0.1) is 0 Å². The molecule has 0 amide bonds. The molecule has 2 unspecified atom stereocenters. The second-order valence-corrected chi connectivity index (χ2v) is 6.85. The van der Waals surface area contributed by atoms with E-state index in [0.717, 1.165) is 12.5 Å². The minimum atomic E-state index is 0.463. The molecule has 0 aromatic heterocycles. The zero-order valence-corrected chi connectivity index (χ0v) is 11.8. The van der Waals surface area contributed by atoms with Crippen LogP contribution in [0.25, 0.3) is 0 Å². The smallest absolute Gasteiger partial charge is 0.00243 e. The molecule has 1 aliphatic heterocycles. The van der Waals surface area contributed by atoms with Crippen LogP contribution in [0.3, 0.4) is 0 Å². The monoisotopic (exact) mass is 226 g/mol. The van der Waals surface area contributed by atoms with Crippen molar-refractivity contribution >= 4 is 0 Å². The Morgan fingerprint density at radius 3 is 2.31 bits per heavy atom. The third-order valence-electron chi connectivity index (χ3n) is 4.24. The van der Waals surface area contributed by atoms with Crippen LogP contribution in [0.4, 0.5) is 0 Å². The fourth-order valence-corrected chi connectivity index (χ4v) is 2.59. The van der Waals surface area contributed by atoms with Crippen molar-refractivity contribution in [3.8, 4) is 0 Å². The second-order valence-electron chi connectivity index (χ2n) is 6.85. The molecule has 0 bridgehead atoms. The molecule has 1 rings (SSSR count). The van der Waals surface area contributed by atoms with Gasteiger partial charge in [0.15, 0.2) is 0 Å². The molecule has 0 radical (unpaired) electrons. The highest BCUT2D eigenvalue weighted by Crippen LogP contribution is 2.33. The summed E-state index contributed by atoms with van der Waals surface area (Å²) in [6, 6.07) is 0. The van der Waals surface area contributed by atoms with Crippen molar-refractivity contribution in [3.63, 3.8) is 0 Å². The van der Waals surface area contributed by atoms with Crippen LogP contribution in [0.2, 0.25) is 0 Å². The van der Waals surface area contributed by atoms with Crippen molar-refractivity contribution in [2.24, 2.45) is 28.9 Å². The van der Waals surface area contributed by atoms with Crippen LogP contribution in [0.1, 0.15) is 41.0 Å². The lowest BCUT2D eigenvalue weighted by Gasteiger charge is -2.29. The molecule has 1 heterocycles. The van der Waals surface area contributed by atoms with Gasteiger partial charge in [-0.3, -0.25) is 0 Å². The predicted molar refractivity (Wildman–Crippen MR) is 71.4 cm³/mol. The Kier molecular flexibility index (Phi) is 4.81. The second kappa shape index (κ2) is 5.50. The van der Waals surface area contributed by atoms with Crippen molar-refractivity contribution in [1.29, 1.82) is 0 Å².